The Morgan fingerprint density at radius 2 is 0.885 bits per heavy atom. The summed E-state index contributed by atoms with van der Waals surface area (Å²) in [6.07, 6.45) is 0. The second kappa shape index (κ2) is 11.3. The van der Waals surface area contributed by atoms with Gasteiger partial charge in [-0.2, -0.15) is 0 Å². The van der Waals surface area contributed by atoms with E-state index in [0.29, 0.717) is 0 Å². The number of fused-ring (bicyclic) bond motifs is 8. The largest absolute Gasteiger partial charge is 0.452 e. The third kappa shape index (κ3) is 4.25. The molecule has 2 aromatic heterocycles. The van der Waals surface area contributed by atoms with E-state index in [9.17, 15) is 0 Å². The van der Waals surface area contributed by atoms with Crippen LogP contribution in [-0.4, -0.2) is 0 Å². The van der Waals surface area contributed by atoms with Gasteiger partial charge < -0.3 is 8.83 Å². The molecule has 0 fully saturated rings. The molecule has 2 nitrogen and oxygen atoms in total. The SMILES string of the molecule is c1ccc(-c2oc3c(ccc4c3oc3cccc(-c5c6ccccc6c(-c6ccc7ccccc7c6)c6ccccc56)c34)c2-c2ccccc2)cc1. The monoisotopic (exact) mass is 662 g/mol. The summed E-state index contributed by atoms with van der Waals surface area (Å²) in [6.45, 7) is 0. The lowest BCUT2D eigenvalue weighted by atomic mass is 9.84. The zero-order valence-corrected chi connectivity index (χ0v) is 28.1. The molecule has 0 aliphatic heterocycles. The predicted octanol–water partition coefficient (Wildman–Crippen LogP) is 14.5. The second-order valence-electron chi connectivity index (χ2n) is 13.5. The zero-order chi connectivity index (χ0) is 34.2. The molecule has 0 saturated heterocycles. The van der Waals surface area contributed by atoms with E-state index in [1.54, 1.807) is 0 Å². The van der Waals surface area contributed by atoms with Crippen molar-refractivity contribution in [3.63, 3.8) is 0 Å². The van der Waals surface area contributed by atoms with Crippen LogP contribution in [0.25, 0.3) is 110 Å². The summed E-state index contributed by atoms with van der Waals surface area (Å²) in [5.74, 6) is 0.844. The van der Waals surface area contributed by atoms with Crippen LogP contribution in [0.15, 0.2) is 191 Å². The second-order valence-corrected chi connectivity index (χ2v) is 13.5. The third-order valence-corrected chi connectivity index (χ3v) is 10.7. The summed E-state index contributed by atoms with van der Waals surface area (Å²) in [5.41, 5.74) is 10.4. The Hall–Kier alpha value is -6.90. The highest BCUT2D eigenvalue weighted by atomic mass is 16.4. The molecule has 0 aliphatic rings. The maximum atomic E-state index is 6.87. The summed E-state index contributed by atoms with van der Waals surface area (Å²) < 4.78 is 13.7. The summed E-state index contributed by atoms with van der Waals surface area (Å²) in [7, 11) is 0. The molecule has 242 valence electrons. The lowest BCUT2D eigenvalue weighted by Crippen LogP contribution is -1.91. The molecule has 0 unspecified atom stereocenters. The molecule has 2 heteroatoms. The van der Waals surface area contributed by atoms with Crippen LogP contribution in [0.3, 0.4) is 0 Å². The molecule has 0 bridgehead atoms. The van der Waals surface area contributed by atoms with Crippen LogP contribution >= 0.6 is 0 Å². The fourth-order valence-electron chi connectivity index (χ4n) is 8.41. The van der Waals surface area contributed by atoms with E-state index < -0.39 is 0 Å². The molecule has 0 N–H and O–H groups in total. The van der Waals surface area contributed by atoms with Crippen molar-refractivity contribution < 1.29 is 8.83 Å². The van der Waals surface area contributed by atoms with Crippen LogP contribution in [0, 0.1) is 0 Å². The van der Waals surface area contributed by atoms with Crippen molar-refractivity contribution in [3.8, 4) is 44.7 Å². The topological polar surface area (TPSA) is 26.3 Å². The lowest BCUT2D eigenvalue weighted by Gasteiger charge is -2.18. The minimum Gasteiger partial charge on any atom is -0.452 e. The maximum Gasteiger partial charge on any atom is 0.178 e. The molecule has 52 heavy (non-hydrogen) atoms. The van der Waals surface area contributed by atoms with Gasteiger partial charge in [-0.15, -0.1) is 0 Å². The van der Waals surface area contributed by atoms with Crippen molar-refractivity contribution in [3.05, 3.63) is 182 Å². The van der Waals surface area contributed by atoms with E-state index in [2.05, 4.69) is 176 Å². The first-order chi connectivity index (χ1) is 25.8. The molecule has 0 radical (unpaired) electrons. The van der Waals surface area contributed by atoms with Crippen LogP contribution in [0.4, 0.5) is 0 Å². The van der Waals surface area contributed by atoms with Gasteiger partial charge in [-0.3, -0.25) is 0 Å². The molecule has 0 aliphatic carbocycles. The van der Waals surface area contributed by atoms with E-state index >= 15 is 0 Å². The van der Waals surface area contributed by atoms with Gasteiger partial charge >= 0.3 is 0 Å². The summed E-state index contributed by atoms with van der Waals surface area (Å²) in [4.78, 5) is 0. The maximum absolute atomic E-state index is 6.87. The van der Waals surface area contributed by atoms with Crippen LogP contribution in [0.5, 0.6) is 0 Å². The molecular weight excluding hydrogens is 633 g/mol. The Morgan fingerprint density at radius 3 is 1.60 bits per heavy atom. The quantitative estimate of drug-likeness (QED) is 0.175. The van der Waals surface area contributed by atoms with Crippen LogP contribution < -0.4 is 0 Å². The van der Waals surface area contributed by atoms with E-state index in [-0.39, 0.29) is 0 Å². The smallest absolute Gasteiger partial charge is 0.178 e. The van der Waals surface area contributed by atoms with Gasteiger partial charge in [0.1, 0.15) is 11.3 Å². The molecular formula is C50H30O2. The molecule has 11 rings (SSSR count). The molecule has 0 amide bonds. The van der Waals surface area contributed by atoms with Crippen molar-refractivity contribution >= 4 is 65.2 Å². The van der Waals surface area contributed by atoms with Gasteiger partial charge in [0, 0.05) is 27.3 Å². The van der Waals surface area contributed by atoms with Gasteiger partial charge in [-0.1, -0.05) is 158 Å². The molecule has 2 heterocycles. The molecule has 0 spiro atoms. The van der Waals surface area contributed by atoms with Crippen molar-refractivity contribution in [2.45, 2.75) is 0 Å². The Morgan fingerprint density at radius 1 is 0.308 bits per heavy atom. The Labute approximate surface area is 299 Å². The van der Waals surface area contributed by atoms with E-state index in [0.717, 1.165) is 60.9 Å². The predicted molar refractivity (Wildman–Crippen MR) is 218 cm³/mol. The van der Waals surface area contributed by atoms with Gasteiger partial charge in [0.25, 0.3) is 0 Å². The molecule has 0 saturated carbocycles. The van der Waals surface area contributed by atoms with Gasteiger partial charge in [0.15, 0.2) is 11.2 Å². The molecule has 9 aromatic carbocycles. The number of hydrogen-bond donors (Lipinski definition) is 0. The molecule has 0 atom stereocenters. The normalized spacial score (nSPS) is 11.8. The van der Waals surface area contributed by atoms with Crippen LogP contribution in [0.2, 0.25) is 0 Å². The lowest BCUT2D eigenvalue weighted by molar-refractivity contribution is 0.612. The van der Waals surface area contributed by atoms with Crippen molar-refractivity contribution in [2.75, 3.05) is 0 Å². The highest BCUT2D eigenvalue weighted by molar-refractivity contribution is 6.27. The Balaban J connectivity index is 1.22. The summed E-state index contributed by atoms with van der Waals surface area (Å²) in [6, 6.07) is 64.9. The van der Waals surface area contributed by atoms with Crippen molar-refractivity contribution in [2.24, 2.45) is 0 Å². The van der Waals surface area contributed by atoms with Gasteiger partial charge in [-0.05, 0) is 84.4 Å². The van der Waals surface area contributed by atoms with E-state index in [1.165, 1.54) is 49.0 Å². The van der Waals surface area contributed by atoms with Gasteiger partial charge in [0.2, 0.25) is 0 Å². The minimum absolute atomic E-state index is 0.763. The standard InChI is InChI=1S/C50H30O2/c1-3-15-32(16-4-1)45-41-28-29-42-47-40(24-13-25-43(47)51-49(42)50(41)52-48(45)33-17-5-2-6-18-33)46-38-22-11-9-20-36(38)44(37-21-10-12-23-39(37)46)35-27-26-31-14-7-8-19-34(31)30-35/h1-30H. The third-order valence-electron chi connectivity index (χ3n) is 10.7. The van der Waals surface area contributed by atoms with E-state index in [1.807, 2.05) is 6.07 Å². The zero-order valence-electron chi connectivity index (χ0n) is 28.1. The Bertz CT molecular complexity index is 3110. The summed E-state index contributed by atoms with van der Waals surface area (Å²) >= 11 is 0. The number of rotatable bonds is 4. The molecule has 11 aromatic rings. The first-order valence-electron chi connectivity index (χ1n) is 17.8. The first kappa shape index (κ1) is 28.9. The highest BCUT2D eigenvalue weighted by Gasteiger charge is 2.24. The van der Waals surface area contributed by atoms with Crippen LogP contribution in [-0.2, 0) is 0 Å². The van der Waals surface area contributed by atoms with E-state index in [4.69, 9.17) is 8.83 Å². The fourth-order valence-corrected chi connectivity index (χ4v) is 8.41. The van der Waals surface area contributed by atoms with Gasteiger partial charge in [-0.25, -0.2) is 0 Å². The number of hydrogen-bond acceptors (Lipinski definition) is 2. The average molecular weight is 663 g/mol. The summed E-state index contributed by atoms with van der Waals surface area (Å²) in [5, 5.41) is 10.5. The fraction of sp³-hybridized carbons (Fsp3) is 0. The Kier molecular flexibility index (Phi) is 6.28. The van der Waals surface area contributed by atoms with Crippen LogP contribution in [0.1, 0.15) is 0 Å². The minimum atomic E-state index is 0.763. The number of benzene rings is 9. The first-order valence-corrected chi connectivity index (χ1v) is 17.8. The van der Waals surface area contributed by atoms with Crippen molar-refractivity contribution in [1.29, 1.82) is 0 Å². The van der Waals surface area contributed by atoms with Crippen molar-refractivity contribution in [1.82, 2.24) is 0 Å². The highest BCUT2D eigenvalue weighted by Crippen LogP contribution is 2.49. The van der Waals surface area contributed by atoms with Gasteiger partial charge in [0.05, 0.1) is 0 Å². The average Bonchev–Trinajstić information content (AvgIpc) is 3.80. The number of furan rings is 2.